The first-order valence-corrected chi connectivity index (χ1v) is 6.91. The Labute approximate surface area is 119 Å². The predicted molar refractivity (Wildman–Crippen MR) is 79.3 cm³/mol. The zero-order valence-corrected chi connectivity index (χ0v) is 11.6. The van der Waals surface area contributed by atoms with Gasteiger partial charge in [-0.2, -0.15) is 0 Å². The first-order valence-electron chi connectivity index (χ1n) is 6.91. The molecule has 2 aromatic carbocycles. The third-order valence-corrected chi connectivity index (χ3v) is 3.78. The number of benzene rings is 2. The van der Waals surface area contributed by atoms with Gasteiger partial charge in [-0.25, -0.2) is 0 Å². The van der Waals surface area contributed by atoms with E-state index in [-0.39, 0.29) is 6.04 Å². The van der Waals surface area contributed by atoms with Crippen molar-refractivity contribution in [1.82, 2.24) is 0 Å². The lowest BCUT2D eigenvalue weighted by Gasteiger charge is -2.17. The fourth-order valence-electron chi connectivity index (χ4n) is 2.75. The second kappa shape index (κ2) is 5.55. The van der Waals surface area contributed by atoms with E-state index in [2.05, 4.69) is 24.3 Å². The normalized spacial score (nSPS) is 14.5. The highest BCUT2D eigenvalue weighted by molar-refractivity contribution is 5.46. The van der Waals surface area contributed by atoms with Crippen molar-refractivity contribution >= 4 is 0 Å². The molecular formula is C17H19NO2. The van der Waals surface area contributed by atoms with Crippen LogP contribution in [0.3, 0.4) is 0 Å². The van der Waals surface area contributed by atoms with Gasteiger partial charge in [0.15, 0.2) is 0 Å². The van der Waals surface area contributed by atoms with Crippen LogP contribution in [0.2, 0.25) is 0 Å². The Balaban J connectivity index is 1.87. The standard InChI is InChI=1S/C17H19NO2/c1-19-16-8-3-2-5-13(16)11-15(18)14-7-4-6-12-9-10-20-17(12)14/h2-8,15H,9-11,18H2,1H3. The van der Waals surface area contributed by atoms with E-state index in [0.29, 0.717) is 0 Å². The summed E-state index contributed by atoms with van der Waals surface area (Å²) < 4.78 is 11.1. The second-order valence-corrected chi connectivity index (χ2v) is 5.06. The van der Waals surface area contributed by atoms with Gasteiger partial charge in [0.25, 0.3) is 0 Å². The van der Waals surface area contributed by atoms with Crippen LogP contribution in [-0.2, 0) is 12.8 Å². The number of ether oxygens (including phenoxy) is 2. The van der Waals surface area contributed by atoms with Gasteiger partial charge in [-0.1, -0.05) is 36.4 Å². The van der Waals surface area contributed by atoms with Gasteiger partial charge in [-0.3, -0.25) is 0 Å². The van der Waals surface area contributed by atoms with Gasteiger partial charge in [-0.15, -0.1) is 0 Å². The van der Waals surface area contributed by atoms with Crippen molar-refractivity contribution in [3.05, 3.63) is 59.2 Å². The molecule has 1 heterocycles. The molecule has 3 nitrogen and oxygen atoms in total. The summed E-state index contributed by atoms with van der Waals surface area (Å²) in [5, 5.41) is 0. The number of para-hydroxylation sites is 2. The Bertz CT molecular complexity index is 610. The molecule has 20 heavy (non-hydrogen) atoms. The molecule has 3 rings (SSSR count). The minimum absolute atomic E-state index is 0.0839. The van der Waals surface area contributed by atoms with E-state index in [1.807, 2.05) is 18.2 Å². The zero-order valence-electron chi connectivity index (χ0n) is 11.6. The van der Waals surface area contributed by atoms with Crippen LogP contribution in [0.15, 0.2) is 42.5 Å². The molecule has 0 aliphatic carbocycles. The smallest absolute Gasteiger partial charge is 0.127 e. The van der Waals surface area contributed by atoms with Crippen molar-refractivity contribution < 1.29 is 9.47 Å². The molecule has 1 atom stereocenters. The number of hydrogen-bond donors (Lipinski definition) is 1. The van der Waals surface area contributed by atoms with E-state index in [9.17, 15) is 0 Å². The maximum atomic E-state index is 6.39. The van der Waals surface area contributed by atoms with Crippen molar-refractivity contribution in [2.24, 2.45) is 5.73 Å². The third kappa shape index (κ3) is 2.37. The Kier molecular flexibility index (Phi) is 3.61. The monoisotopic (exact) mass is 269 g/mol. The molecule has 0 fully saturated rings. The van der Waals surface area contributed by atoms with E-state index in [1.54, 1.807) is 7.11 Å². The molecule has 2 aromatic rings. The van der Waals surface area contributed by atoms with E-state index >= 15 is 0 Å². The molecule has 1 aliphatic heterocycles. The van der Waals surface area contributed by atoms with Gasteiger partial charge in [0.2, 0.25) is 0 Å². The van der Waals surface area contributed by atoms with Gasteiger partial charge in [0.05, 0.1) is 13.7 Å². The SMILES string of the molecule is COc1ccccc1CC(N)c1cccc2c1OCC2. The van der Waals surface area contributed by atoms with Crippen molar-refractivity contribution in [1.29, 1.82) is 0 Å². The topological polar surface area (TPSA) is 44.5 Å². The first kappa shape index (κ1) is 13.0. The lowest BCUT2D eigenvalue weighted by molar-refractivity contribution is 0.350. The van der Waals surface area contributed by atoms with Gasteiger partial charge in [0.1, 0.15) is 11.5 Å². The fraction of sp³-hybridized carbons (Fsp3) is 0.294. The largest absolute Gasteiger partial charge is 0.496 e. The van der Waals surface area contributed by atoms with Crippen molar-refractivity contribution in [2.75, 3.05) is 13.7 Å². The highest BCUT2D eigenvalue weighted by Gasteiger charge is 2.20. The molecule has 0 saturated heterocycles. The van der Waals surface area contributed by atoms with E-state index in [0.717, 1.165) is 42.1 Å². The summed E-state index contributed by atoms with van der Waals surface area (Å²) in [4.78, 5) is 0. The summed E-state index contributed by atoms with van der Waals surface area (Å²) in [6.45, 7) is 0.758. The average Bonchev–Trinajstić information content (AvgIpc) is 2.96. The van der Waals surface area contributed by atoms with Gasteiger partial charge >= 0.3 is 0 Å². The maximum absolute atomic E-state index is 6.39. The summed E-state index contributed by atoms with van der Waals surface area (Å²) in [6.07, 6.45) is 1.72. The first-order chi connectivity index (χ1) is 9.79. The van der Waals surface area contributed by atoms with Crippen LogP contribution in [0, 0.1) is 0 Å². The van der Waals surface area contributed by atoms with Crippen LogP contribution in [0.5, 0.6) is 11.5 Å². The maximum Gasteiger partial charge on any atom is 0.127 e. The van der Waals surface area contributed by atoms with Crippen LogP contribution in [0.1, 0.15) is 22.7 Å². The highest BCUT2D eigenvalue weighted by atomic mass is 16.5. The number of nitrogens with two attached hydrogens (primary N) is 1. The molecule has 104 valence electrons. The van der Waals surface area contributed by atoms with Crippen molar-refractivity contribution in [3.63, 3.8) is 0 Å². The summed E-state index contributed by atoms with van der Waals surface area (Å²) >= 11 is 0. The predicted octanol–water partition coefficient (Wildman–Crippen LogP) is 2.87. The summed E-state index contributed by atoms with van der Waals surface area (Å²) in [6, 6.07) is 14.2. The quantitative estimate of drug-likeness (QED) is 0.928. The molecule has 3 heteroatoms. The molecule has 0 saturated carbocycles. The Morgan fingerprint density at radius 1 is 1.20 bits per heavy atom. The van der Waals surface area contributed by atoms with E-state index in [1.165, 1.54) is 5.56 Å². The number of fused-ring (bicyclic) bond motifs is 1. The van der Waals surface area contributed by atoms with Crippen LogP contribution < -0.4 is 15.2 Å². The molecule has 2 N–H and O–H groups in total. The van der Waals surface area contributed by atoms with Gasteiger partial charge in [-0.05, 0) is 23.6 Å². The lowest BCUT2D eigenvalue weighted by atomic mass is 9.96. The van der Waals surface area contributed by atoms with Crippen LogP contribution in [-0.4, -0.2) is 13.7 Å². The average molecular weight is 269 g/mol. The highest BCUT2D eigenvalue weighted by Crippen LogP contribution is 2.34. The van der Waals surface area contributed by atoms with E-state index < -0.39 is 0 Å². The van der Waals surface area contributed by atoms with Gasteiger partial charge in [0, 0.05) is 18.0 Å². The lowest BCUT2D eigenvalue weighted by Crippen LogP contribution is -2.14. The van der Waals surface area contributed by atoms with Crippen LogP contribution in [0.4, 0.5) is 0 Å². The minimum Gasteiger partial charge on any atom is -0.496 e. The molecule has 1 aliphatic rings. The molecule has 0 amide bonds. The van der Waals surface area contributed by atoms with Crippen molar-refractivity contribution in [3.8, 4) is 11.5 Å². The molecular weight excluding hydrogens is 250 g/mol. The minimum atomic E-state index is -0.0839. The summed E-state index contributed by atoms with van der Waals surface area (Å²) in [7, 11) is 1.69. The number of methoxy groups -OCH3 is 1. The van der Waals surface area contributed by atoms with Gasteiger partial charge < -0.3 is 15.2 Å². The zero-order chi connectivity index (χ0) is 13.9. The molecule has 0 aromatic heterocycles. The Morgan fingerprint density at radius 3 is 2.90 bits per heavy atom. The molecule has 1 unspecified atom stereocenters. The second-order valence-electron chi connectivity index (χ2n) is 5.06. The molecule has 0 spiro atoms. The van der Waals surface area contributed by atoms with E-state index in [4.69, 9.17) is 15.2 Å². The Hall–Kier alpha value is -2.00. The summed E-state index contributed by atoms with van der Waals surface area (Å²) in [5.41, 5.74) is 9.86. The fourth-order valence-corrected chi connectivity index (χ4v) is 2.75. The van der Waals surface area contributed by atoms with Crippen LogP contribution >= 0.6 is 0 Å². The molecule has 0 radical (unpaired) electrons. The Morgan fingerprint density at radius 2 is 2.05 bits per heavy atom. The number of rotatable bonds is 4. The number of hydrogen-bond acceptors (Lipinski definition) is 3. The third-order valence-electron chi connectivity index (χ3n) is 3.78. The molecule has 0 bridgehead atoms. The van der Waals surface area contributed by atoms with Crippen LogP contribution in [0.25, 0.3) is 0 Å². The van der Waals surface area contributed by atoms with Crippen molar-refractivity contribution in [2.45, 2.75) is 18.9 Å². The summed E-state index contributed by atoms with van der Waals surface area (Å²) in [5.74, 6) is 1.87.